The highest BCUT2D eigenvalue weighted by molar-refractivity contribution is 14.0. The number of hydrogen-bond donors (Lipinski definition) is 2. The molecule has 1 atom stereocenters. The molecule has 6 nitrogen and oxygen atoms in total. The fourth-order valence-electron chi connectivity index (χ4n) is 1.79. The average molecular weight is 435 g/mol. The normalized spacial score (nSPS) is 11.9. The van der Waals surface area contributed by atoms with Crippen LogP contribution in [0.15, 0.2) is 29.3 Å². The molecule has 1 aromatic rings. The monoisotopic (exact) mass is 435 g/mol. The highest BCUT2D eigenvalue weighted by Crippen LogP contribution is 2.17. The Morgan fingerprint density at radius 2 is 2.00 bits per heavy atom. The van der Waals surface area contributed by atoms with Crippen molar-refractivity contribution in [1.82, 2.24) is 10.6 Å². The van der Waals surface area contributed by atoms with Crippen molar-refractivity contribution >= 4 is 35.9 Å². The molecular formula is C16H26IN3O3. The first-order valence-corrected chi connectivity index (χ1v) is 7.30. The van der Waals surface area contributed by atoms with Gasteiger partial charge < -0.3 is 20.1 Å². The number of methoxy groups -OCH3 is 1. The van der Waals surface area contributed by atoms with Crippen LogP contribution >= 0.6 is 24.0 Å². The number of esters is 1. The number of carbonyl (C=O) groups is 1. The van der Waals surface area contributed by atoms with Gasteiger partial charge in [0, 0.05) is 13.6 Å². The molecule has 7 heteroatoms. The van der Waals surface area contributed by atoms with Gasteiger partial charge in [0.05, 0.1) is 20.1 Å². The van der Waals surface area contributed by atoms with E-state index in [0.717, 1.165) is 11.3 Å². The molecule has 0 bridgehead atoms. The Bertz CT molecular complexity index is 509. The quantitative estimate of drug-likeness (QED) is 0.297. The SMILES string of the molecule is CN=C(NCCC(=O)OC)NCC(C)Oc1ccccc1C.I. The van der Waals surface area contributed by atoms with Crippen LogP contribution in [0, 0.1) is 6.92 Å². The van der Waals surface area contributed by atoms with E-state index in [1.165, 1.54) is 7.11 Å². The van der Waals surface area contributed by atoms with Crippen LogP contribution in [-0.2, 0) is 9.53 Å². The number of para-hydroxylation sites is 1. The van der Waals surface area contributed by atoms with Gasteiger partial charge in [-0.3, -0.25) is 9.79 Å². The molecule has 1 rings (SSSR count). The zero-order valence-electron chi connectivity index (χ0n) is 14.1. The van der Waals surface area contributed by atoms with Gasteiger partial charge in [-0.15, -0.1) is 24.0 Å². The number of ether oxygens (including phenoxy) is 2. The number of aryl methyl sites for hydroxylation is 1. The van der Waals surface area contributed by atoms with E-state index in [4.69, 9.17) is 4.74 Å². The summed E-state index contributed by atoms with van der Waals surface area (Å²) in [5.74, 6) is 1.26. The van der Waals surface area contributed by atoms with Crippen molar-refractivity contribution in [2.75, 3.05) is 27.2 Å². The Labute approximate surface area is 155 Å². The van der Waals surface area contributed by atoms with Gasteiger partial charge >= 0.3 is 5.97 Å². The van der Waals surface area contributed by atoms with Crippen molar-refractivity contribution in [1.29, 1.82) is 0 Å². The van der Waals surface area contributed by atoms with Gasteiger partial charge in [-0.2, -0.15) is 0 Å². The number of hydrogen-bond acceptors (Lipinski definition) is 4. The van der Waals surface area contributed by atoms with Crippen molar-refractivity contribution in [3.8, 4) is 5.75 Å². The Hall–Kier alpha value is -1.51. The number of halogens is 1. The number of nitrogens with zero attached hydrogens (tertiary/aromatic N) is 1. The van der Waals surface area contributed by atoms with Crippen molar-refractivity contribution in [3.63, 3.8) is 0 Å². The maximum Gasteiger partial charge on any atom is 0.307 e. The largest absolute Gasteiger partial charge is 0.489 e. The van der Waals surface area contributed by atoms with Crippen LogP contribution < -0.4 is 15.4 Å². The first kappa shape index (κ1) is 21.5. The molecule has 0 aliphatic rings. The van der Waals surface area contributed by atoms with Crippen molar-refractivity contribution in [2.45, 2.75) is 26.4 Å². The highest BCUT2D eigenvalue weighted by atomic mass is 127. The van der Waals surface area contributed by atoms with Crippen molar-refractivity contribution in [3.05, 3.63) is 29.8 Å². The minimum Gasteiger partial charge on any atom is -0.489 e. The van der Waals surface area contributed by atoms with E-state index in [0.29, 0.717) is 25.5 Å². The molecule has 0 aromatic heterocycles. The van der Waals surface area contributed by atoms with E-state index in [2.05, 4.69) is 20.4 Å². The summed E-state index contributed by atoms with van der Waals surface area (Å²) in [6.07, 6.45) is 0.284. The molecule has 23 heavy (non-hydrogen) atoms. The van der Waals surface area contributed by atoms with Crippen LogP contribution in [0.1, 0.15) is 18.9 Å². The first-order valence-electron chi connectivity index (χ1n) is 7.30. The van der Waals surface area contributed by atoms with Crippen LogP contribution in [0.4, 0.5) is 0 Å². The van der Waals surface area contributed by atoms with Gasteiger partial charge in [-0.05, 0) is 25.5 Å². The predicted molar refractivity (Wildman–Crippen MR) is 103 cm³/mol. The van der Waals surface area contributed by atoms with Crippen LogP contribution in [0.3, 0.4) is 0 Å². The maximum absolute atomic E-state index is 11.0. The smallest absolute Gasteiger partial charge is 0.307 e. The Morgan fingerprint density at radius 3 is 2.61 bits per heavy atom. The van der Waals surface area contributed by atoms with Crippen LogP contribution in [-0.4, -0.2) is 45.3 Å². The molecule has 0 aliphatic heterocycles. The van der Waals surface area contributed by atoms with E-state index in [1.807, 2.05) is 38.1 Å². The van der Waals surface area contributed by atoms with E-state index in [1.54, 1.807) is 7.05 Å². The molecule has 130 valence electrons. The van der Waals surface area contributed by atoms with Crippen molar-refractivity contribution < 1.29 is 14.3 Å². The highest BCUT2D eigenvalue weighted by Gasteiger charge is 2.07. The third kappa shape index (κ3) is 8.63. The summed E-state index contributed by atoms with van der Waals surface area (Å²) in [6.45, 7) is 5.08. The second-order valence-corrected chi connectivity index (χ2v) is 4.90. The van der Waals surface area contributed by atoms with Gasteiger partial charge in [0.2, 0.25) is 0 Å². The summed E-state index contributed by atoms with van der Waals surface area (Å²) in [5, 5.41) is 6.21. The third-order valence-corrected chi connectivity index (χ3v) is 3.05. The molecule has 1 unspecified atom stereocenters. The summed E-state index contributed by atoms with van der Waals surface area (Å²) in [7, 11) is 3.06. The van der Waals surface area contributed by atoms with E-state index < -0.39 is 0 Å². The minimum absolute atomic E-state index is 0. The van der Waals surface area contributed by atoms with Crippen LogP contribution in [0.25, 0.3) is 0 Å². The first-order chi connectivity index (χ1) is 10.6. The number of nitrogens with one attached hydrogen (secondary N) is 2. The van der Waals surface area contributed by atoms with E-state index >= 15 is 0 Å². The zero-order chi connectivity index (χ0) is 16.4. The van der Waals surface area contributed by atoms with Gasteiger partial charge in [-0.1, -0.05) is 18.2 Å². The zero-order valence-corrected chi connectivity index (χ0v) is 16.4. The second kappa shape index (κ2) is 12.0. The van der Waals surface area contributed by atoms with Gasteiger partial charge in [-0.25, -0.2) is 0 Å². The lowest BCUT2D eigenvalue weighted by molar-refractivity contribution is -0.140. The Morgan fingerprint density at radius 1 is 1.30 bits per heavy atom. The Balaban J connectivity index is 0.00000484. The fraction of sp³-hybridized carbons (Fsp3) is 0.500. The van der Waals surface area contributed by atoms with Crippen LogP contribution in [0.5, 0.6) is 5.75 Å². The third-order valence-electron chi connectivity index (χ3n) is 3.05. The molecule has 0 aliphatic carbocycles. The second-order valence-electron chi connectivity index (χ2n) is 4.90. The number of benzene rings is 1. The van der Waals surface area contributed by atoms with E-state index in [-0.39, 0.29) is 36.0 Å². The predicted octanol–water partition coefficient (Wildman–Crippen LogP) is 2.11. The summed E-state index contributed by atoms with van der Waals surface area (Å²) < 4.78 is 10.5. The molecule has 0 saturated carbocycles. The van der Waals surface area contributed by atoms with Crippen molar-refractivity contribution in [2.24, 2.45) is 4.99 Å². The lowest BCUT2D eigenvalue weighted by Crippen LogP contribution is -2.42. The maximum atomic E-state index is 11.0. The molecule has 0 fully saturated rings. The lowest BCUT2D eigenvalue weighted by Gasteiger charge is -2.18. The summed E-state index contributed by atoms with van der Waals surface area (Å²) >= 11 is 0. The molecule has 1 aromatic carbocycles. The molecule has 0 radical (unpaired) electrons. The van der Waals surface area contributed by atoms with Gasteiger partial charge in [0.15, 0.2) is 5.96 Å². The molecular weight excluding hydrogens is 409 g/mol. The standard InChI is InChI=1S/C16H25N3O3.HI/c1-12-7-5-6-8-14(12)22-13(2)11-19-16(17-3)18-10-9-15(20)21-4;/h5-8,13H,9-11H2,1-4H3,(H2,17,18,19);1H. The number of rotatable bonds is 7. The van der Waals surface area contributed by atoms with Gasteiger partial charge in [0.1, 0.15) is 11.9 Å². The Kier molecular flexibility index (Phi) is 11.2. The fourth-order valence-corrected chi connectivity index (χ4v) is 1.79. The van der Waals surface area contributed by atoms with Gasteiger partial charge in [0.25, 0.3) is 0 Å². The number of guanidine groups is 1. The lowest BCUT2D eigenvalue weighted by atomic mass is 10.2. The molecule has 2 N–H and O–H groups in total. The minimum atomic E-state index is -0.251. The molecule has 0 amide bonds. The topological polar surface area (TPSA) is 72.0 Å². The summed E-state index contributed by atoms with van der Waals surface area (Å²) in [6, 6.07) is 7.91. The summed E-state index contributed by atoms with van der Waals surface area (Å²) in [4.78, 5) is 15.1. The van der Waals surface area contributed by atoms with Crippen LogP contribution in [0.2, 0.25) is 0 Å². The molecule has 0 saturated heterocycles. The average Bonchev–Trinajstić information content (AvgIpc) is 2.52. The molecule has 0 heterocycles. The summed E-state index contributed by atoms with van der Waals surface area (Å²) in [5.41, 5.74) is 1.11. The molecule has 0 spiro atoms. The number of aliphatic imine (C=N–C) groups is 1. The van der Waals surface area contributed by atoms with E-state index in [9.17, 15) is 4.79 Å². The number of carbonyl (C=O) groups excluding carboxylic acids is 1.